The molecule has 0 spiro atoms. The van der Waals surface area contributed by atoms with Gasteiger partial charge < -0.3 is 4.90 Å². The molecule has 0 unspecified atom stereocenters. The van der Waals surface area contributed by atoms with Gasteiger partial charge in [0.05, 0.1) is 0 Å². The third-order valence-corrected chi connectivity index (χ3v) is 3.82. The zero-order chi connectivity index (χ0) is 13.9. The summed E-state index contributed by atoms with van der Waals surface area (Å²) in [6, 6.07) is 9.62. The molecule has 1 aromatic carbocycles. The Morgan fingerprint density at radius 2 is 1.74 bits per heavy atom. The van der Waals surface area contributed by atoms with Gasteiger partial charge in [0.15, 0.2) is 0 Å². The van der Waals surface area contributed by atoms with Crippen molar-refractivity contribution in [3.8, 4) is 0 Å². The Hall–Kier alpha value is -1.31. The number of piperidine rings is 1. The van der Waals surface area contributed by atoms with Gasteiger partial charge in [-0.15, -0.1) is 0 Å². The van der Waals surface area contributed by atoms with Gasteiger partial charge >= 0.3 is 0 Å². The summed E-state index contributed by atoms with van der Waals surface area (Å²) in [4.78, 5) is 14.3. The molecule has 2 rings (SSSR count). The van der Waals surface area contributed by atoms with Crippen molar-refractivity contribution < 1.29 is 4.79 Å². The number of benzene rings is 1. The molecular formula is C17H25NO. The van der Waals surface area contributed by atoms with E-state index in [0.29, 0.717) is 5.41 Å². The molecule has 1 aromatic rings. The Labute approximate surface area is 116 Å². The number of hydrogen-bond acceptors (Lipinski definition) is 1. The molecule has 0 radical (unpaired) electrons. The molecule has 2 heteroatoms. The summed E-state index contributed by atoms with van der Waals surface area (Å²) in [5, 5.41) is 0. The van der Waals surface area contributed by atoms with Gasteiger partial charge in [-0.3, -0.25) is 4.79 Å². The predicted molar refractivity (Wildman–Crippen MR) is 79.1 cm³/mol. The van der Waals surface area contributed by atoms with Gasteiger partial charge in [-0.25, -0.2) is 0 Å². The summed E-state index contributed by atoms with van der Waals surface area (Å²) < 4.78 is 0. The fourth-order valence-electron chi connectivity index (χ4n) is 2.97. The highest BCUT2D eigenvalue weighted by molar-refractivity contribution is 5.94. The van der Waals surface area contributed by atoms with Crippen LogP contribution in [0.15, 0.2) is 30.3 Å². The highest BCUT2D eigenvalue weighted by atomic mass is 16.2. The maximum Gasteiger partial charge on any atom is 0.253 e. The van der Waals surface area contributed by atoms with Crippen LogP contribution in [0.3, 0.4) is 0 Å². The van der Waals surface area contributed by atoms with Crippen LogP contribution < -0.4 is 0 Å². The van der Waals surface area contributed by atoms with Crippen molar-refractivity contribution in [2.75, 3.05) is 13.1 Å². The Morgan fingerprint density at radius 1 is 1.16 bits per heavy atom. The first-order chi connectivity index (χ1) is 8.96. The Balaban J connectivity index is 1.88. The second-order valence-electron chi connectivity index (χ2n) is 6.87. The largest absolute Gasteiger partial charge is 0.339 e. The van der Waals surface area contributed by atoms with Crippen LogP contribution in [0.4, 0.5) is 0 Å². The maximum atomic E-state index is 12.3. The molecule has 0 aromatic heterocycles. The van der Waals surface area contributed by atoms with E-state index in [1.165, 1.54) is 6.42 Å². The molecule has 1 aliphatic heterocycles. The predicted octanol–water partition coefficient (Wildman–Crippen LogP) is 3.98. The summed E-state index contributed by atoms with van der Waals surface area (Å²) in [7, 11) is 0. The summed E-state index contributed by atoms with van der Waals surface area (Å²) in [6.45, 7) is 8.72. The number of hydrogen-bond donors (Lipinski definition) is 0. The van der Waals surface area contributed by atoms with Crippen molar-refractivity contribution in [3.05, 3.63) is 35.9 Å². The number of nitrogens with zero attached hydrogens (tertiary/aromatic N) is 1. The number of likely N-dealkylation sites (tertiary alicyclic amines) is 1. The summed E-state index contributed by atoms with van der Waals surface area (Å²) in [5.74, 6) is 0.967. The van der Waals surface area contributed by atoms with Crippen LogP contribution in [0.2, 0.25) is 0 Å². The van der Waals surface area contributed by atoms with E-state index in [1.54, 1.807) is 0 Å². The SMILES string of the molecule is CC(C)(C)CC1CCN(C(=O)c2ccccc2)CC1. The smallest absolute Gasteiger partial charge is 0.253 e. The lowest BCUT2D eigenvalue weighted by Crippen LogP contribution is -2.39. The van der Waals surface area contributed by atoms with Gasteiger partial charge in [0, 0.05) is 18.7 Å². The standard InChI is InChI=1S/C17H25NO/c1-17(2,3)13-14-9-11-18(12-10-14)16(19)15-7-5-4-6-8-15/h4-8,14H,9-13H2,1-3H3. The number of amides is 1. The van der Waals surface area contributed by atoms with Crippen LogP contribution in [0, 0.1) is 11.3 Å². The van der Waals surface area contributed by atoms with Gasteiger partial charge in [-0.1, -0.05) is 39.0 Å². The van der Waals surface area contributed by atoms with Crippen LogP contribution in [-0.4, -0.2) is 23.9 Å². The molecule has 1 aliphatic rings. The molecule has 19 heavy (non-hydrogen) atoms. The molecule has 1 heterocycles. The van der Waals surface area contributed by atoms with Crippen molar-refractivity contribution in [3.63, 3.8) is 0 Å². The second-order valence-corrected chi connectivity index (χ2v) is 6.87. The van der Waals surface area contributed by atoms with Crippen molar-refractivity contribution in [1.82, 2.24) is 4.90 Å². The van der Waals surface area contributed by atoms with Gasteiger partial charge in [0.2, 0.25) is 0 Å². The summed E-state index contributed by atoms with van der Waals surface area (Å²) in [5.41, 5.74) is 1.22. The van der Waals surface area contributed by atoms with Gasteiger partial charge in [-0.05, 0) is 42.7 Å². The van der Waals surface area contributed by atoms with Crippen LogP contribution in [0.1, 0.15) is 50.4 Å². The molecule has 1 saturated heterocycles. The normalized spacial score (nSPS) is 17.5. The van der Waals surface area contributed by atoms with Crippen LogP contribution in [0.5, 0.6) is 0 Å². The Bertz CT molecular complexity index is 411. The Kier molecular flexibility index (Phi) is 4.28. The fraction of sp³-hybridized carbons (Fsp3) is 0.588. The summed E-state index contributed by atoms with van der Waals surface area (Å²) in [6.07, 6.45) is 3.56. The molecule has 104 valence electrons. The van der Waals surface area contributed by atoms with E-state index < -0.39 is 0 Å². The van der Waals surface area contributed by atoms with Crippen molar-refractivity contribution in [1.29, 1.82) is 0 Å². The third-order valence-electron chi connectivity index (χ3n) is 3.82. The van der Waals surface area contributed by atoms with Gasteiger partial charge in [-0.2, -0.15) is 0 Å². The van der Waals surface area contributed by atoms with Crippen molar-refractivity contribution >= 4 is 5.91 Å². The Morgan fingerprint density at radius 3 is 2.26 bits per heavy atom. The topological polar surface area (TPSA) is 20.3 Å². The highest BCUT2D eigenvalue weighted by Gasteiger charge is 2.26. The van der Waals surface area contributed by atoms with Gasteiger partial charge in [0.1, 0.15) is 0 Å². The van der Waals surface area contributed by atoms with E-state index in [4.69, 9.17) is 0 Å². The zero-order valence-electron chi connectivity index (χ0n) is 12.4. The zero-order valence-corrected chi connectivity index (χ0v) is 12.4. The molecule has 0 N–H and O–H groups in total. The summed E-state index contributed by atoms with van der Waals surface area (Å²) >= 11 is 0. The van der Waals surface area contributed by atoms with E-state index in [-0.39, 0.29) is 5.91 Å². The molecule has 1 fully saturated rings. The first kappa shape index (κ1) is 14.1. The number of rotatable bonds is 2. The molecule has 0 bridgehead atoms. The first-order valence-corrected chi connectivity index (χ1v) is 7.30. The monoisotopic (exact) mass is 259 g/mol. The average molecular weight is 259 g/mol. The number of carbonyl (C=O) groups is 1. The lowest BCUT2D eigenvalue weighted by atomic mass is 9.80. The van der Waals surface area contributed by atoms with Crippen LogP contribution in [0.25, 0.3) is 0 Å². The van der Waals surface area contributed by atoms with Crippen molar-refractivity contribution in [2.45, 2.75) is 40.0 Å². The average Bonchev–Trinajstić information content (AvgIpc) is 2.38. The minimum atomic E-state index is 0.190. The van der Waals surface area contributed by atoms with Crippen LogP contribution >= 0.6 is 0 Å². The van der Waals surface area contributed by atoms with E-state index in [2.05, 4.69) is 20.8 Å². The van der Waals surface area contributed by atoms with E-state index in [9.17, 15) is 4.79 Å². The van der Waals surface area contributed by atoms with E-state index >= 15 is 0 Å². The molecule has 0 aliphatic carbocycles. The minimum Gasteiger partial charge on any atom is -0.339 e. The minimum absolute atomic E-state index is 0.190. The van der Waals surface area contributed by atoms with Crippen molar-refractivity contribution in [2.24, 2.45) is 11.3 Å². The second kappa shape index (κ2) is 5.77. The fourth-order valence-corrected chi connectivity index (χ4v) is 2.97. The maximum absolute atomic E-state index is 12.3. The third kappa shape index (κ3) is 4.09. The van der Waals surface area contributed by atoms with Crippen LogP contribution in [-0.2, 0) is 0 Å². The molecule has 0 saturated carbocycles. The lowest BCUT2D eigenvalue weighted by Gasteiger charge is -2.35. The quantitative estimate of drug-likeness (QED) is 0.787. The van der Waals surface area contributed by atoms with Gasteiger partial charge in [0.25, 0.3) is 5.91 Å². The molecular weight excluding hydrogens is 234 g/mol. The van der Waals surface area contributed by atoms with E-state index in [0.717, 1.165) is 37.4 Å². The lowest BCUT2D eigenvalue weighted by molar-refractivity contribution is 0.0670. The first-order valence-electron chi connectivity index (χ1n) is 7.30. The highest BCUT2D eigenvalue weighted by Crippen LogP contribution is 2.31. The van der Waals surface area contributed by atoms with E-state index in [1.807, 2.05) is 35.2 Å². The molecule has 2 nitrogen and oxygen atoms in total. The molecule has 1 amide bonds. The number of carbonyl (C=O) groups excluding carboxylic acids is 1. The molecule has 0 atom stereocenters.